The maximum Gasteiger partial charge on any atom is -0.0253 e. The third-order valence-corrected chi connectivity index (χ3v) is 4.16. The molecule has 0 spiro atoms. The van der Waals surface area contributed by atoms with Crippen molar-refractivity contribution in [2.24, 2.45) is 5.92 Å². The topological polar surface area (TPSA) is 0 Å². The Hall–Kier alpha value is -1.56. The van der Waals surface area contributed by atoms with Crippen LogP contribution in [-0.2, 0) is 12.8 Å². The van der Waals surface area contributed by atoms with Crippen LogP contribution >= 0.6 is 0 Å². The quantitative estimate of drug-likeness (QED) is 0.677. The lowest BCUT2D eigenvalue weighted by Crippen LogP contribution is -2.02. The molecule has 0 saturated carbocycles. The SMILES string of the molecule is Cc1cccc(CCC(C)Cc2ccc(C)c(C)c2)c1. The van der Waals surface area contributed by atoms with Crippen molar-refractivity contribution in [1.29, 1.82) is 0 Å². The van der Waals surface area contributed by atoms with Crippen molar-refractivity contribution in [3.63, 3.8) is 0 Å². The highest BCUT2D eigenvalue weighted by Crippen LogP contribution is 2.18. The first kappa shape index (κ1) is 14.8. The fraction of sp³-hybridized carbons (Fsp3) is 0.400. The van der Waals surface area contributed by atoms with E-state index in [9.17, 15) is 0 Å². The zero-order chi connectivity index (χ0) is 14.5. The van der Waals surface area contributed by atoms with E-state index in [-0.39, 0.29) is 0 Å². The van der Waals surface area contributed by atoms with E-state index in [0.717, 1.165) is 5.92 Å². The Bertz CT molecular complexity index is 566. The molecule has 0 fully saturated rings. The highest BCUT2D eigenvalue weighted by Gasteiger charge is 2.05. The van der Waals surface area contributed by atoms with Crippen LogP contribution < -0.4 is 0 Å². The van der Waals surface area contributed by atoms with Crippen LogP contribution in [0.3, 0.4) is 0 Å². The van der Waals surface area contributed by atoms with Crippen LogP contribution in [0.5, 0.6) is 0 Å². The van der Waals surface area contributed by atoms with Crippen molar-refractivity contribution < 1.29 is 0 Å². The first-order chi connectivity index (χ1) is 9.54. The molecule has 0 aliphatic carbocycles. The molecule has 0 amide bonds. The summed E-state index contributed by atoms with van der Waals surface area (Å²) in [4.78, 5) is 0. The normalized spacial score (nSPS) is 12.4. The summed E-state index contributed by atoms with van der Waals surface area (Å²) in [5.41, 5.74) is 7.11. The molecule has 20 heavy (non-hydrogen) atoms. The van der Waals surface area contributed by atoms with E-state index in [1.165, 1.54) is 47.1 Å². The van der Waals surface area contributed by atoms with Gasteiger partial charge in [0.15, 0.2) is 0 Å². The lowest BCUT2D eigenvalue weighted by atomic mass is 9.93. The summed E-state index contributed by atoms with van der Waals surface area (Å²) in [6, 6.07) is 15.8. The van der Waals surface area contributed by atoms with Gasteiger partial charge in [-0.25, -0.2) is 0 Å². The first-order valence-electron chi connectivity index (χ1n) is 7.66. The van der Waals surface area contributed by atoms with E-state index >= 15 is 0 Å². The smallest absolute Gasteiger partial charge is 0.0253 e. The van der Waals surface area contributed by atoms with Gasteiger partial charge in [-0.05, 0) is 68.2 Å². The van der Waals surface area contributed by atoms with E-state index < -0.39 is 0 Å². The van der Waals surface area contributed by atoms with Crippen molar-refractivity contribution in [1.82, 2.24) is 0 Å². The van der Waals surface area contributed by atoms with Crippen LogP contribution in [-0.4, -0.2) is 0 Å². The van der Waals surface area contributed by atoms with Gasteiger partial charge in [0.1, 0.15) is 0 Å². The molecular weight excluding hydrogens is 240 g/mol. The van der Waals surface area contributed by atoms with Crippen LogP contribution in [0.25, 0.3) is 0 Å². The molecule has 0 heterocycles. The van der Waals surface area contributed by atoms with Crippen molar-refractivity contribution in [3.05, 3.63) is 70.3 Å². The summed E-state index contributed by atoms with van der Waals surface area (Å²) < 4.78 is 0. The second-order valence-corrected chi connectivity index (χ2v) is 6.26. The van der Waals surface area contributed by atoms with Gasteiger partial charge in [-0.2, -0.15) is 0 Å². The molecule has 0 nitrogen and oxygen atoms in total. The monoisotopic (exact) mass is 266 g/mol. The number of benzene rings is 2. The van der Waals surface area contributed by atoms with Crippen molar-refractivity contribution in [2.45, 2.75) is 47.0 Å². The van der Waals surface area contributed by atoms with Gasteiger partial charge in [0.2, 0.25) is 0 Å². The Kier molecular flexibility index (Phi) is 5.00. The summed E-state index contributed by atoms with van der Waals surface area (Å²) in [7, 11) is 0. The summed E-state index contributed by atoms with van der Waals surface area (Å²) in [5, 5.41) is 0. The Morgan fingerprint density at radius 3 is 2.35 bits per heavy atom. The highest BCUT2D eigenvalue weighted by molar-refractivity contribution is 5.30. The van der Waals surface area contributed by atoms with Crippen LogP contribution in [0.2, 0.25) is 0 Å². The van der Waals surface area contributed by atoms with Gasteiger partial charge in [-0.1, -0.05) is 55.0 Å². The van der Waals surface area contributed by atoms with E-state index in [1.807, 2.05) is 0 Å². The number of hydrogen-bond donors (Lipinski definition) is 0. The van der Waals surface area contributed by atoms with Gasteiger partial charge >= 0.3 is 0 Å². The molecule has 0 aromatic heterocycles. The second-order valence-electron chi connectivity index (χ2n) is 6.26. The fourth-order valence-electron chi connectivity index (χ4n) is 2.72. The molecule has 0 bridgehead atoms. The zero-order valence-corrected chi connectivity index (χ0v) is 13.2. The number of rotatable bonds is 5. The molecule has 2 aromatic carbocycles. The van der Waals surface area contributed by atoms with E-state index in [0.29, 0.717) is 0 Å². The minimum atomic E-state index is 0.734. The van der Waals surface area contributed by atoms with Crippen LogP contribution in [0, 0.1) is 26.7 Å². The maximum atomic E-state index is 2.37. The van der Waals surface area contributed by atoms with Gasteiger partial charge in [-0.3, -0.25) is 0 Å². The Balaban J connectivity index is 1.89. The molecule has 2 aromatic rings. The van der Waals surface area contributed by atoms with Gasteiger partial charge < -0.3 is 0 Å². The Morgan fingerprint density at radius 2 is 1.65 bits per heavy atom. The minimum Gasteiger partial charge on any atom is -0.0622 e. The zero-order valence-electron chi connectivity index (χ0n) is 13.2. The van der Waals surface area contributed by atoms with Gasteiger partial charge in [0.25, 0.3) is 0 Å². The number of hydrogen-bond acceptors (Lipinski definition) is 0. The summed E-state index contributed by atoms with van der Waals surface area (Å²) in [5.74, 6) is 0.734. The summed E-state index contributed by atoms with van der Waals surface area (Å²) in [6.45, 7) is 8.92. The molecule has 0 N–H and O–H groups in total. The average molecular weight is 266 g/mol. The van der Waals surface area contributed by atoms with Crippen LogP contribution in [0.1, 0.15) is 41.2 Å². The summed E-state index contributed by atoms with van der Waals surface area (Å²) >= 11 is 0. The maximum absolute atomic E-state index is 2.37. The third-order valence-electron chi connectivity index (χ3n) is 4.16. The predicted octanol–water partition coefficient (Wildman–Crippen LogP) is 5.42. The van der Waals surface area contributed by atoms with E-state index in [1.54, 1.807) is 0 Å². The summed E-state index contributed by atoms with van der Waals surface area (Å²) in [6.07, 6.45) is 3.64. The van der Waals surface area contributed by atoms with E-state index in [4.69, 9.17) is 0 Å². The fourth-order valence-corrected chi connectivity index (χ4v) is 2.72. The lowest BCUT2D eigenvalue weighted by Gasteiger charge is -2.13. The molecule has 2 rings (SSSR count). The molecule has 0 aliphatic rings. The third kappa shape index (κ3) is 4.23. The van der Waals surface area contributed by atoms with Crippen LogP contribution in [0.15, 0.2) is 42.5 Å². The number of aryl methyl sites for hydroxylation is 4. The Labute approximate surface area is 123 Å². The van der Waals surface area contributed by atoms with Gasteiger partial charge in [-0.15, -0.1) is 0 Å². The minimum absolute atomic E-state index is 0.734. The predicted molar refractivity (Wildman–Crippen MR) is 88.3 cm³/mol. The standard InChI is InChI=1S/C20H26/c1-15-6-5-7-19(12-15)10-8-16(2)13-20-11-9-17(3)18(4)14-20/h5-7,9,11-12,14,16H,8,10,13H2,1-4H3. The van der Waals surface area contributed by atoms with Gasteiger partial charge in [0.05, 0.1) is 0 Å². The molecule has 1 atom stereocenters. The average Bonchev–Trinajstić information content (AvgIpc) is 2.41. The first-order valence-corrected chi connectivity index (χ1v) is 7.66. The van der Waals surface area contributed by atoms with Crippen LogP contribution in [0.4, 0.5) is 0 Å². The molecular formula is C20H26. The molecule has 0 radical (unpaired) electrons. The molecule has 1 unspecified atom stereocenters. The lowest BCUT2D eigenvalue weighted by molar-refractivity contribution is 0.530. The Morgan fingerprint density at radius 1 is 0.850 bits per heavy atom. The molecule has 106 valence electrons. The van der Waals surface area contributed by atoms with Crippen molar-refractivity contribution in [2.75, 3.05) is 0 Å². The van der Waals surface area contributed by atoms with Gasteiger partial charge in [0, 0.05) is 0 Å². The van der Waals surface area contributed by atoms with Crippen molar-refractivity contribution >= 4 is 0 Å². The molecule has 0 heteroatoms. The second kappa shape index (κ2) is 6.74. The van der Waals surface area contributed by atoms with E-state index in [2.05, 4.69) is 70.2 Å². The largest absolute Gasteiger partial charge is 0.0622 e. The molecule has 0 saturated heterocycles. The highest BCUT2D eigenvalue weighted by atomic mass is 14.1. The van der Waals surface area contributed by atoms with Crippen molar-refractivity contribution in [3.8, 4) is 0 Å². The molecule has 0 aliphatic heterocycles.